The van der Waals surface area contributed by atoms with Crippen LogP contribution in [0.5, 0.6) is 0 Å². The van der Waals surface area contributed by atoms with Crippen molar-refractivity contribution in [2.24, 2.45) is 0 Å². The van der Waals surface area contributed by atoms with Crippen LogP contribution in [0.3, 0.4) is 0 Å². The minimum absolute atomic E-state index is 0.228. The highest BCUT2D eigenvalue weighted by molar-refractivity contribution is 9.10. The van der Waals surface area contributed by atoms with Crippen LogP contribution in [-0.2, 0) is 14.3 Å². The van der Waals surface area contributed by atoms with Gasteiger partial charge in [-0.15, -0.1) is 0 Å². The molecule has 0 fully saturated rings. The molecule has 1 atom stereocenters. The molecular weight excluding hydrogens is 260 g/mol. The van der Waals surface area contributed by atoms with Crippen molar-refractivity contribution in [2.45, 2.75) is 12.8 Å². The predicted molar refractivity (Wildman–Crippen MR) is 59.6 cm³/mol. The molecule has 0 saturated heterocycles. The van der Waals surface area contributed by atoms with Crippen LogP contribution in [0, 0.1) is 0 Å². The van der Waals surface area contributed by atoms with Crippen molar-refractivity contribution in [2.75, 3.05) is 7.11 Å². The number of halogens is 1. The van der Waals surface area contributed by atoms with Gasteiger partial charge in [-0.3, -0.25) is 9.59 Å². The predicted octanol–water partition coefficient (Wildman–Crippen LogP) is 2.29. The minimum atomic E-state index is -0.842. The highest BCUT2D eigenvalue weighted by Crippen LogP contribution is 2.26. The summed E-state index contributed by atoms with van der Waals surface area (Å²) in [5.41, 5.74) is 0.636. The number of esters is 1. The molecule has 0 bridgehead atoms. The van der Waals surface area contributed by atoms with Gasteiger partial charge in [0.15, 0.2) is 0 Å². The summed E-state index contributed by atoms with van der Waals surface area (Å²) in [5, 5.41) is 0. The maximum atomic E-state index is 11.4. The van der Waals surface area contributed by atoms with E-state index >= 15 is 0 Å². The average Bonchev–Trinajstić information content (AvgIpc) is 2.20. The van der Waals surface area contributed by atoms with E-state index in [1.54, 1.807) is 18.2 Å². The molecule has 0 amide bonds. The summed E-state index contributed by atoms with van der Waals surface area (Å²) in [7, 11) is 1.27. The minimum Gasteiger partial charge on any atom is -0.468 e. The molecule has 0 spiro atoms. The van der Waals surface area contributed by atoms with Crippen LogP contribution in [0.4, 0.5) is 0 Å². The molecule has 0 radical (unpaired) electrons. The number of Topliss-reactive ketones (excluding diaryl/α,β-unsaturated/α-hetero) is 1. The molecule has 0 N–H and O–H groups in total. The number of carbonyl (C=O) groups excluding carboxylic acids is 2. The molecule has 0 aliphatic rings. The van der Waals surface area contributed by atoms with Gasteiger partial charge in [0, 0.05) is 4.47 Å². The third-order valence-corrected chi connectivity index (χ3v) is 2.78. The van der Waals surface area contributed by atoms with Crippen molar-refractivity contribution >= 4 is 27.7 Å². The third-order valence-electron chi connectivity index (χ3n) is 2.06. The molecule has 0 aromatic heterocycles. The van der Waals surface area contributed by atoms with E-state index in [0.29, 0.717) is 5.56 Å². The smallest absolute Gasteiger partial charge is 0.320 e. The summed E-state index contributed by atoms with van der Waals surface area (Å²) in [4.78, 5) is 22.8. The number of carbonyl (C=O) groups is 2. The average molecular weight is 271 g/mol. The Morgan fingerprint density at radius 3 is 2.40 bits per heavy atom. The first-order valence-corrected chi connectivity index (χ1v) is 5.20. The van der Waals surface area contributed by atoms with E-state index in [0.717, 1.165) is 4.47 Å². The number of hydrogen-bond acceptors (Lipinski definition) is 3. The first-order chi connectivity index (χ1) is 7.07. The summed E-state index contributed by atoms with van der Waals surface area (Å²) in [6.45, 7) is 1.38. The molecule has 0 aliphatic heterocycles. The van der Waals surface area contributed by atoms with Crippen molar-refractivity contribution in [1.29, 1.82) is 0 Å². The Kier molecular flexibility index (Phi) is 4.03. The van der Waals surface area contributed by atoms with Gasteiger partial charge in [-0.2, -0.15) is 0 Å². The molecular formula is C11H11BrO3. The maximum absolute atomic E-state index is 11.4. The van der Waals surface area contributed by atoms with Crippen LogP contribution in [0.25, 0.3) is 0 Å². The van der Waals surface area contributed by atoms with Gasteiger partial charge in [-0.1, -0.05) is 34.1 Å². The van der Waals surface area contributed by atoms with Gasteiger partial charge in [0.05, 0.1) is 7.11 Å². The molecule has 0 saturated carbocycles. The third kappa shape index (κ3) is 2.65. The second-order valence-electron chi connectivity index (χ2n) is 3.09. The Hall–Kier alpha value is -1.16. The zero-order valence-electron chi connectivity index (χ0n) is 8.49. The molecule has 0 heterocycles. The molecule has 4 heteroatoms. The monoisotopic (exact) mass is 270 g/mol. The fourth-order valence-electron chi connectivity index (χ4n) is 1.34. The Morgan fingerprint density at radius 1 is 1.33 bits per heavy atom. The summed E-state index contributed by atoms with van der Waals surface area (Å²) in [5.74, 6) is -1.60. The Morgan fingerprint density at radius 2 is 1.93 bits per heavy atom. The molecule has 3 nitrogen and oxygen atoms in total. The van der Waals surface area contributed by atoms with Gasteiger partial charge in [0.1, 0.15) is 11.7 Å². The van der Waals surface area contributed by atoms with E-state index in [9.17, 15) is 9.59 Å². The van der Waals surface area contributed by atoms with E-state index in [1.165, 1.54) is 14.0 Å². The number of hydrogen-bond donors (Lipinski definition) is 0. The first-order valence-electron chi connectivity index (χ1n) is 4.40. The fraction of sp³-hybridized carbons (Fsp3) is 0.273. The van der Waals surface area contributed by atoms with Crippen LogP contribution in [-0.4, -0.2) is 18.9 Å². The van der Waals surface area contributed by atoms with E-state index in [-0.39, 0.29) is 5.78 Å². The zero-order chi connectivity index (χ0) is 11.4. The lowest BCUT2D eigenvalue weighted by Crippen LogP contribution is -2.21. The van der Waals surface area contributed by atoms with Crippen LogP contribution in [0.1, 0.15) is 18.4 Å². The van der Waals surface area contributed by atoms with E-state index in [1.807, 2.05) is 6.07 Å². The van der Waals surface area contributed by atoms with Gasteiger partial charge >= 0.3 is 5.97 Å². The SMILES string of the molecule is COC(=O)[C@H](C(C)=O)c1ccccc1Br. The van der Waals surface area contributed by atoms with Gasteiger partial charge in [-0.05, 0) is 18.6 Å². The second kappa shape index (κ2) is 5.07. The van der Waals surface area contributed by atoms with Crippen LogP contribution in [0.2, 0.25) is 0 Å². The number of ether oxygens (including phenoxy) is 1. The number of rotatable bonds is 3. The lowest BCUT2D eigenvalue weighted by atomic mass is 9.96. The molecule has 1 aromatic rings. The number of methoxy groups -OCH3 is 1. The largest absolute Gasteiger partial charge is 0.468 e. The summed E-state index contributed by atoms with van der Waals surface area (Å²) in [6, 6.07) is 7.11. The highest BCUT2D eigenvalue weighted by Gasteiger charge is 2.27. The first kappa shape index (κ1) is 11.9. The van der Waals surface area contributed by atoms with E-state index in [4.69, 9.17) is 0 Å². The molecule has 1 rings (SSSR count). The van der Waals surface area contributed by atoms with E-state index in [2.05, 4.69) is 20.7 Å². The molecule has 0 unspecified atom stereocenters. The van der Waals surface area contributed by atoms with Crippen LogP contribution >= 0.6 is 15.9 Å². The van der Waals surface area contributed by atoms with Crippen LogP contribution < -0.4 is 0 Å². The van der Waals surface area contributed by atoms with Crippen molar-refractivity contribution in [3.63, 3.8) is 0 Å². The van der Waals surface area contributed by atoms with Crippen molar-refractivity contribution in [1.82, 2.24) is 0 Å². The summed E-state index contributed by atoms with van der Waals surface area (Å²) >= 11 is 3.30. The molecule has 1 aromatic carbocycles. The van der Waals surface area contributed by atoms with Gasteiger partial charge in [0.25, 0.3) is 0 Å². The maximum Gasteiger partial charge on any atom is 0.320 e. The fourth-order valence-corrected chi connectivity index (χ4v) is 1.85. The van der Waals surface area contributed by atoms with Gasteiger partial charge < -0.3 is 4.74 Å². The van der Waals surface area contributed by atoms with Crippen LogP contribution in [0.15, 0.2) is 28.7 Å². The Balaban J connectivity index is 3.16. The van der Waals surface area contributed by atoms with Gasteiger partial charge in [0.2, 0.25) is 0 Å². The Bertz CT molecular complexity index is 387. The second-order valence-corrected chi connectivity index (χ2v) is 3.94. The molecule has 0 aliphatic carbocycles. The highest BCUT2D eigenvalue weighted by atomic mass is 79.9. The Labute approximate surface area is 96.6 Å². The molecule has 15 heavy (non-hydrogen) atoms. The van der Waals surface area contributed by atoms with Crippen molar-refractivity contribution < 1.29 is 14.3 Å². The summed E-state index contributed by atoms with van der Waals surface area (Å²) in [6.07, 6.45) is 0. The van der Waals surface area contributed by atoms with Crippen molar-refractivity contribution in [3.05, 3.63) is 34.3 Å². The normalized spacial score (nSPS) is 11.9. The molecule has 80 valence electrons. The number of benzene rings is 1. The zero-order valence-corrected chi connectivity index (χ0v) is 10.1. The lowest BCUT2D eigenvalue weighted by molar-refractivity contribution is -0.145. The standard InChI is InChI=1S/C11H11BrO3/c1-7(13)10(11(14)15-2)8-5-3-4-6-9(8)12/h3-6,10H,1-2H3/t10-/m1/s1. The number of ketones is 1. The van der Waals surface area contributed by atoms with Crippen molar-refractivity contribution in [3.8, 4) is 0 Å². The topological polar surface area (TPSA) is 43.4 Å². The lowest BCUT2D eigenvalue weighted by Gasteiger charge is -2.13. The van der Waals surface area contributed by atoms with Gasteiger partial charge in [-0.25, -0.2) is 0 Å². The van der Waals surface area contributed by atoms with E-state index < -0.39 is 11.9 Å². The quantitative estimate of drug-likeness (QED) is 0.625. The summed E-state index contributed by atoms with van der Waals surface area (Å²) < 4.78 is 5.33.